The number of benzene rings is 1. The van der Waals surface area contributed by atoms with Gasteiger partial charge in [-0.3, -0.25) is 14.0 Å². The number of aryl methyl sites for hydroxylation is 1. The Morgan fingerprint density at radius 1 is 1.11 bits per heavy atom. The van der Waals surface area contributed by atoms with Crippen molar-refractivity contribution in [2.75, 3.05) is 26.3 Å². The molecule has 2 amide bonds. The number of ether oxygens (including phenoxy) is 1. The lowest BCUT2D eigenvalue weighted by Gasteiger charge is -2.26. The van der Waals surface area contributed by atoms with Gasteiger partial charge in [-0.25, -0.2) is 4.98 Å². The van der Waals surface area contributed by atoms with Gasteiger partial charge in [0, 0.05) is 25.8 Å². The molecule has 1 fully saturated rings. The van der Waals surface area contributed by atoms with E-state index in [0.29, 0.717) is 44.1 Å². The number of hydrogen-bond acceptors (Lipinski definition) is 4. The van der Waals surface area contributed by atoms with E-state index in [9.17, 15) is 9.59 Å². The zero-order valence-electron chi connectivity index (χ0n) is 15.7. The Morgan fingerprint density at radius 2 is 1.86 bits per heavy atom. The SMILES string of the molecule is Cc1ccc(CNC(=O)c2nc(C(=O)N3CCOCC3)c3ccccn23)cc1. The predicted octanol–water partition coefficient (Wildman–Crippen LogP) is 2.05. The summed E-state index contributed by atoms with van der Waals surface area (Å²) in [6, 6.07) is 13.4. The first-order valence-corrected chi connectivity index (χ1v) is 9.31. The molecular weight excluding hydrogens is 356 g/mol. The third-order valence-electron chi connectivity index (χ3n) is 4.83. The second-order valence-corrected chi connectivity index (χ2v) is 6.81. The largest absolute Gasteiger partial charge is 0.378 e. The number of nitrogens with zero attached hydrogens (tertiary/aromatic N) is 3. The molecule has 1 aliphatic heterocycles. The molecule has 0 atom stereocenters. The van der Waals surface area contributed by atoms with Gasteiger partial charge in [0.25, 0.3) is 11.8 Å². The highest BCUT2D eigenvalue weighted by Gasteiger charge is 2.26. The number of imidazole rings is 1. The van der Waals surface area contributed by atoms with Crippen molar-refractivity contribution in [3.8, 4) is 0 Å². The minimum Gasteiger partial charge on any atom is -0.378 e. The summed E-state index contributed by atoms with van der Waals surface area (Å²) in [5.41, 5.74) is 3.09. The zero-order chi connectivity index (χ0) is 19.5. The Kier molecular flexibility index (Phi) is 5.08. The molecule has 4 rings (SSSR count). The van der Waals surface area contributed by atoms with Gasteiger partial charge in [-0.15, -0.1) is 0 Å². The lowest BCUT2D eigenvalue weighted by Crippen LogP contribution is -2.41. The molecule has 0 bridgehead atoms. The topological polar surface area (TPSA) is 75.9 Å². The number of aromatic nitrogens is 2. The van der Waals surface area contributed by atoms with Crippen molar-refractivity contribution in [2.24, 2.45) is 0 Å². The number of rotatable bonds is 4. The summed E-state index contributed by atoms with van der Waals surface area (Å²) in [5.74, 6) is -0.285. The highest BCUT2D eigenvalue weighted by molar-refractivity contribution is 6.02. The third-order valence-corrected chi connectivity index (χ3v) is 4.83. The van der Waals surface area contributed by atoms with Crippen molar-refractivity contribution >= 4 is 17.3 Å². The maximum absolute atomic E-state index is 12.9. The standard InChI is InChI=1S/C21H22N4O3/c1-15-5-7-16(8-6-15)14-22-20(26)19-23-18(17-4-2-3-9-25(17)19)21(27)24-10-12-28-13-11-24/h2-9H,10-14H2,1H3,(H,22,26). The molecule has 7 nitrogen and oxygen atoms in total. The summed E-state index contributed by atoms with van der Waals surface area (Å²) >= 11 is 0. The monoisotopic (exact) mass is 378 g/mol. The Bertz CT molecular complexity index is 1000. The van der Waals surface area contributed by atoms with Gasteiger partial charge in [-0.2, -0.15) is 0 Å². The fourth-order valence-electron chi connectivity index (χ4n) is 3.24. The first-order valence-electron chi connectivity index (χ1n) is 9.31. The highest BCUT2D eigenvalue weighted by Crippen LogP contribution is 2.16. The van der Waals surface area contributed by atoms with E-state index in [1.54, 1.807) is 21.6 Å². The maximum atomic E-state index is 12.9. The van der Waals surface area contributed by atoms with Crippen LogP contribution in [0.1, 0.15) is 32.2 Å². The molecule has 1 aliphatic rings. The van der Waals surface area contributed by atoms with Gasteiger partial charge in [-0.1, -0.05) is 35.9 Å². The molecule has 0 unspecified atom stereocenters. The van der Waals surface area contributed by atoms with Gasteiger partial charge in [0.1, 0.15) is 0 Å². The highest BCUT2D eigenvalue weighted by atomic mass is 16.5. The molecule has 1 N–H and O–H groups in total. The van der Waals surface area contributed by atoms with E-state index in [-0.39, 0.29) is 17.6 Å². The van der Waals surface area contributed by atoms with E-state index in [2.05, 4.69) is 10.3 Å². The Morgan fingerprint density at radius 3 is 2.61 bits per heavy atom. The molecule has 3 aromatic rings. The van der Waals surface area contributed by atoms with Gasteiger partial charge in [-0.05, 0) is 24.6 Å². The van der Waals surface area contributed by atoms with Crippen LogP contribution in [-0.2, 0) is 11.3 Å². The van der Waals surface area contributed by atoms with Crippen LogP contribution < -0.4 is 5.32 Å². The average molecular weight is 378 g/mol. The first kappa shape index (κ1) is 18.2. The number of carbonyl (C=O) groups is 2. The number of nitrogens with one attached hydrogen (secondary N) is 1. The Labute approximate surface area is 162 Å². The van der Waals surface area contributed by atoms with Crippen molar-refractivity contribution in [2.45, 2.75) is 13.5 Å². The second kappa shape index (κ2) is 7.82. The van der Waals surface area contributed by atoms with Gasteiger partial charge < -0.3 is 15.0 Å². The molecule has 0 aliphatic carbocycles. The first-order chi connectivity index (χ1) is 13.6. The van der Waals surface area contributed by atoms with Gasteiger partial charge in [0.15, 0.2) is 5.69 Å². The van der Waals surface area contributed by atoms with E-state index >= 15 is 0 Å². The molecule has 28 heavy (non-hydrogen) atoms. The van der Waals surface area contributed by atoms with Crippen molar-refractivity contribution in [3.63, 3.8) is 0 Å². The van der Waals surface area contributed by atoms with Crippen LogP contribution in [0.25, 0.3) is 5.52 Å². The fourth-order valence-corrected chi connectivity index (χ4v) is 3.24. The minimum absolute atomic E-state index is 0.176. The number of hydrogen-bond donors (Lipinski definition) is 1. The molecule has 0 spiro atoms. The van der Waals surface area contributed by atoms with Crippen LogP contribution in [0.5, 0.6) is 0 Å². The lowest BCUT2D eigenvalue weighted by atomic mass is 10.1. The number of pyridine rings is 1. The van der Waals surface area contributed by atoms with Crippen LogP contribution >= 0.6 is 0 Å². The third kappa shape index (κ3) is 3.61. The number of carbonyl (C=O) groups excluding carboxylic acids is 2. The Hall–Kier alpha value is -3.19. The summed E-state index contributed by atoms with van der Waals surface area (Å²) in [4.78, 5) is 31.8. The van der Waals surface area contributed by atoms with E-state index < -0.39 is 0 Å². The quantitative estimate of drug-likeness (QED) is 0.754. The van der Waals surface area contributed by atoms with Crippen molar-refractivity contribution in [1.82, 2.24) is 19.6 Å². The molecule has 7 heteroatoms. The fraction of sp³-hybridized carbons (Fsp3) is 0.286. The summed E-state index contributed by atoms with van der Waals surface area (Å²) < 4.78 is 6.98. The number of amides is 2. The summed E-state index contributed by atoms with van der Waals surface area (Å²) in [6.07, 6.45) is 1.75. The second-order valence-electron chi connectivity index (χ2n) is 6.81. The van der Waals surface area contributed by atoms with Crippen LogP contribution in [0.3, 0.4) is 0 Å². The van der Waals surface area contributed by atoms with Gasteiger partial charge in [0.2, 0.25) is 5.82 Å². The lowest BCUT2D eigenvalue weighted by molar-refractivity contribution is 0.0300. The van der Waals surface area contributed by atoms with E-state index in [4.69, 9.17) is 4.74 Å². The molecule has 3 heterocycles. The molecule has 0 saturated carbocycles. The van der Waals surface area contributed by atoms with Crippen LogP contribution in [0.2, 0.25) is 0 Å². The Balaban J connectivity index is 1.59. The van der Waals surface area contributed by atoms with Crippen LogP contribution in [0, 0.1) is 6.92 Å². The van der Waals surface area contributed by atoms with Gasteiger partial charge >= 0.3 is 0 Å². The van der Waals surface area contributed by atoms with E-state index in [1.807, 2.05) is 43.3 Å². The molecule has 0 radical (unpaired) electrons. The summed E-state index contributed by atoms with van der Waals surface area (Å²) in [6.45, 7) is 4.50. The molecule has 1 saturated heterocycles. The zero-order valence-corrected chi connectivity index (χ0v) is 15.7. The maximum Gasteiger partial charge on any atom is 0.287 e. The van der Waals surface area contributed by atoms with E-state index in [0.717, 1.165) is 5.56 Å². The van der Waals surface area contributed by atoms with Crippen LogP contribution in [-0.4, -0.2) is 52.4 Å². The molecule has 2 aromatic heterocycles. The van der Waals surface area contributed by atoms with E-state index in [1.165, 1.54) is 5.56 Å². The number of morpholine rings is 1. The van der Waals surface area contributed by atoms with Crippen molar-refractivity contribution < 1.29 is 14.3 Å². The summed E-state index contributed by atoms with van der Waals surface area (Å²) in [5, 5.41) is 2.89. The van der Waals surface area contributed by atoms with Gasteiger partial charge in [0.05, 0.1) is 18.7 Å². The summed E-state index contributed by atoms with van der Waals surface area (Å²) in [7, 11) is 0. The molecule has 1 aromatic carbocycles. The van der Waals surface area contributed by atoms with Crippen LogP contribution in [0.4, 0.5) is 0 Å². The van der Waals surface area contributed by atoms with Crippen molar-refractivity contribution in [3.05, 3.63) is 71.3 Å². The van der Waals surface area contributed by atoms with Crippen LogP contribution in [0.15, 0.2) is 48.7 Å². The number of fused-ring (bicyclic) bond motifs is 1. The van der Waals surface area contributed by atoms with Crippen molar-refractivity contribution in [1.29, 1.82) is 0 Å². The molecular formula is C21H22N4O3. The minimum atomic E-state index is -0.317. The molecule has 144 valence electrons. The normalized spacial score (nSPS) is 14.2. The predicted molar refractivity (Wildman–Crippen MR) is 104 cm³/mol. The average Bonchev–Trinajstić information content (AvgIpc) is 3.13. The smallest absolute Gasteiger partial charge is 0.287 e.